The Bertz CT molecular complexity index is 474. The van der Waals surface area contributed by atoms with Crippen LogP contribution in [0.15, 0.2) is 16.6 Å². The van der Waals surface area contributed by atoms with Crippen molar-refractivity contribution in [2.24, 2.45) is 23.2 Å². The van der Waals surface area contributed by atoms with Crippen LogP contribution in [0, 0.1) is 5.41 Å². The van der Waals surface area contributed by atoms with Crippen LogP contribution in [0.4, 0.5) is 0 Å². The highest BCUT2D eigenvalue weighted by molar-refractivity contribution is 7.07. The summed E-state index contributed by atoms with van der Waals surface area (Å²) in [5.41, 5.74) is 5.90. The number of nitrogens with two attached hydrogens (primary N) is 1. The second-order valence-electron chi connectivity index (χ2n) is 5.24. The average Bonchev–Trinajstić information content (AvgIpc) is 2.76. The maximum Gasteiger partial charge on any atom is 0.248 e. The Balaban J connectivity index is 0.00000180. The van der Waals surface area contributed by atoms with Gasteiger partial charge in [-0.3, -0.25) is 4.79 Å². The number of thiazole rings is 1. The Morgan fingerprint density at radius 1 is 1.47 bits per heavy atom. The molecule has 2 rings (SSSR count). The van der Waals surface area contributed by atoms with E-state index in [0.29, 0.717) is 13.0 Å². The van der Waals surface area contributed by atoms with Crippen molar-refractivity contribution in [3.63, 3.8) is 0 Å². The van der Waals surface area contributed by atoms with Crippen LogP contribution >= 0.6 is 23.7 Å². The van der Waals surface area contributed by atoms with E-state index in [-0.39, 0.29) is 23.7 Å². The fraction of sp³-hybridized carbons (Fsp3) is 0.692. The first-order valence-corrected chi connectivity index (χ1v) is 7.41. The highest BCUT2D eigenvalue weighted by atomic mass is 35.5. The minimum Gasteiger partial charge on any atom is -0.330 e. The predicted octanol–water partition coefficient (Wildman–Crippen LogP) is 2.24. The summed E-state index contributed by atoms with van der Waals surface area (Å²) < 4.78 is 1.87. The summed E-state index contributed by atoms with van der Waals surface area (Å²) in [5.74, 6) is -0.0274. The molecule has 1 aromatic rings. The molecule has 0 aliphatic heterocycles. The summed E-state index contributed by atoms with van der Waals surface area (Å²) >= 11 is 1.49. The molecule has 1 saturated carbocycles. The lowest BCUT2D eigenvalue weighted by Gasteiger charge is -2.35. The van der Waals surface area contributed by atoms with Gasteiger partial charge < -0.3 is 10.3 Å². The van der Waals surface area contributed by atoms with Crippen molar-refractivity contribution in [2.75, 3.05) is 6.54 Å². The largest absolute Gasteiger partial charge is 0.330 e. The highest BCUT2D eigenvalue weighted by Crippen LogP contribution is 2.38. The Hall–Kier alpha value is -0.650. The number of nitrogens with zero attached hydrogens (tertiary/aromatic N) is 2. The molecule has 6 heteroatoms. The van der Waals surface area contributed by atoms with Crippen LogP contribution in [-0.2, 0) is 11.8 Å². The third-order valence-electron chi connectivity index (χ3n) is 3.85. The summed E-state index contributed by atoms with van der Waals surface area (Å²) in [6.07, 6.45) is 8.21. The molecule has 19 heavy (non-hydrogen) atoms. The van der Waals surface area contributed by atoms with Gasteiger partial charge in [-0.25, -0.2) is 0 Å². The maximum atomic E-state index is 12.1. The third kappa shape index (κ3) is 4.16. The van der Waals surface area contributed by atoms with Crippen molar-refractivity contribution in [1.82, 2.24) is 4.57 Å². The molecule has 0 atom stereocenters. The first kappa shape index (κ1) is 16.4. The van der Waals surface area contributed by atoms with Crippen molar-refractivity contribution < 1.29 is 4.79 Å². The monoisotopic (exact) mass is 303 g/mol. The van der Waals surface area contributed by atoms with E-state index < -0.39 is 0 Å². The second-order valence-corrected chi connectivity index (χ2v) is 6.12. The van der Waals surface area contributed by atoms with Gasteiger partial charge in [0.15, 0.2) is 4.80 Å². The Morgan fingerprint density at radius 2 is 2.16 bits per heavy atom. The van der Waals surface area contributed by atoms with E-state index in [4.69, 9.17) is 5.73 Å². The molecule has 0 bridgehead atoms. The Labute approximate surface area is 124 Å². The van der Waals surface area contributed by atoms with E-state index in [1.165, 1.54) is 30.6 Å². The second kappa shape index (κ2) is 7.22. The summed E-state index contributed by atoms with van der Waals surface area (Å²) in [6.45, 7) is 0.602. The predicted molar refractivity (Wildman–Crippen MR) is 80.3 cm³/mol. The zero-order chi connectivity index (χ0) is 13.0. The fourth-order valence-corrected chi connectivity index (χ4v) is 3.40. The van der Waals surface area contributed by atoms with E-state index in [2.05, 4.69) is 4.99 Å². The van der Waals surface area contributed by atoms with E-state index in [1.54, 1.807) is 0 Å². The number of carbonyl (C=O) groups excluding carboxylic acids is 1. The van der Waals surface area contributed by atoms with Gasteiger partial charge in [-0.15, -0.1) is 23.7 Å². The van der Waals surface area contributed by atoms with E-state index in [0.717, 1.165) is 17.6 Å². The van der Waals surface area contributed by atoms with Crippen LogP contribution < -0.4 is 10.5 Å². The molecule has 0 saturated heterocycles. The van der Waals surface area contributed by atoms with Gasteiger partial charge in [0.1, 0.15) is 0 Å². The number of aromatic nitrogens is 1. The smallest absolute Gasteiger partial charge is 0.248 e. The van der Waals surface area contributed by atoms with Gasteiger partial charge in [0.25, 0.3) is 0 Å². The molecule has 1 aliphatic rings. The van der Waals surface area contributed by atoms with Crippen LogP contribution in [0.25, 0.3) is 0 Å². The van der Waals surface area contributed by atoms with Crippen molar-refractivity contribution >= 4 is 29.7 Å². The number of rotatable bonds is 3. The molecule has 2 N–H and O–H groups in total. The summed E-state index contributed by atoms with van der Waals surface area (Å²) in [7, 11) is 1.90. The average molecular weight is 304 g/mol. The van der Waals surface area contributed by atoms with Crippen LogP contribution in [0.5, 0.6) is 0 Å². The first-order valence-electron chi connectivity index (χ1n) is 6.53. The Morgan fingerprint density at radius 3 is 2.68 bits per heavy atom. The van der Waals surface area contributed by atoms with Gasteiger partial charge >= 0.3 is 0 Å². The zero-order valence-corrected chi connectivity index (χ0v) is 12.9. The van der Waals surface area contributed by atoms with Gasteiger partial charge in [-0.2, -0.15) is 4.99 Å². The van der Waals surface area contributed by atoms with Gasteiger partial charge in [-0.1, -0.05) is 19.3 Å². The quantitative estimate of drug-likeness (QED) is 0.931. The molecule has 0 unspecified atom stereocenters. The highest BCUT2D eigenvalue weighted by Gasteiger charge is 2.32. The maximum absolute atomic E-state index is 12.1. The topological polar surface area (TPSA) is 60.4 Å². The molecule has 1 amide bonds. The molecular formula is C13H22ClN3OS. The van der Waals surface area contributed by atoms with E-state index >= 15 is 0 Å². The standard InChI is InChI=1S/C13H21N3OS.ClH/c1-16-7-8-18-12(16)15-11(17)9-13(10-14)5-3-2-4-6-13;/h7-8H,2-6,9-10,14H2,1H3;1H. The lowest BCUT2D eigenvalue weighted by atomic mass is 9.72. The van der Waals surface area contributed by atoms with Crippen molar-refractivity contribution in [2.45, 2.75) is 38.5 Å². The number of aryl methyl sites for hydroxylation is 1. The van der Waals surface area contributed by atoms with Gasteiger partial charge in [0.2, 0.25) is 5.91 Å². The first-order chi connectivity index (χ1) is 8.65. The van der Waals surface area contributed by atoms with Gasteiger partial charge in [0, 0.05) is 25.0 Å². The molecule has 0 radical (unpaired) electrons. The Kier molecular flexibility index (Phi) is 6.23. The lowest BCUT2D eigenvalue weighted by Crippen LogP contribution is -2.35. The van der Waals surface area contributed by atoms with E-state index in [1.807, 2.05) is 23.2 Å². The number of hydrogen-bond acceptors (Lipinski definition) is 3. The molecule has 4 nitrogen and oxygen atoms in total. The van der Waals surface area contributed by atoms with Crippen LogP contribution in [-0.4, -0.2) is 17.0 Å². The minimum atomic E-state index is -0.0274. The SMILES string of the molecule is Cl.Cn1ccsc1=NC(=O)CC1(CN)CCCCC1. The number of carbonyl (C=O) groups is 1. The molecule has 0 spiro atoms. The fourth-order valence-electron chi connectivity index (χ4n) is 2.66. The lowest BCUT2D eigenvalue weighted by molar-refractivity contribution is -0.120. The van der Waals surface area contributed by atoms with Crippen LogP contribution in [0.2, 0.25) is 0 Å². The minimum absolute atomic E-state index is 0. The van der Waals surface area contributed by atoms with Gasteiger partial charge in [-0.05, 0) is 24.8 Å². The zero-order valence-electron chi connectivity index (χ0n) is 11.3. The number of hydrogen-bond donors (Lipinski definition) is 1. The summed E-state index contributed by atoms with van der Waals surface area (Å²) in [6, 6.07) is 0. The van der Waals surface area contributed by atoms with E-state index in [9.17, 15) is 4.79 Å². The molecule has 1 aliphatic carbocycles. The van der Waals surface area contributed by atoms with Crippen LogP contribution in [0.1, 0.15) is 38.5 Å². The van der Waals surface area contributed by atoms with Gasteiger partial charge in [0.05, 0.1) is 0 Å². The van der Waals surface area contributed by atoms with Crippen molar-refractivity contribution in [1.29, 1.82) is 0 Å². The molecule has 0 aromatic carbocycles. The molecule has 1 aromatic heterocycles. The summed E-state index contributed by atoms with van der Waals surface area (Å²) in [4.78, 5) is 17.0. The number of amides is 1. The van der Waals surface area contributed by atoms with Crippen LogP contribution in [0.3, 0.4) is 0 Å². The van der Waals surface area contributed by atoms with Crippen molar-refractivity contribution in [3.05, 3.63) is 16.4 Å². The molecule has 1 heterocycles. The molecular weight excluding hydrogens is 282 g/mol. The molecule has 108 valence electrons. The summed E-state index contributed by atoms with van der Waals surface area (Å²) in [5, 5.41) is 1.94. The number of halogens is 1. The van der Waals surface area contributed by atoms with Crippen molar-refractivity contribution in [3.8, 4) is 0 Å². The molecule has 1 fully saturated rings. The third-order valence-corrected chi connectivity index (χ3v) is 4.70. The normalized spacial score (nSPS) is 18.9.